The molecular formula is C19H38BClO2. The Hall–Kier alpha value is 0.275. The van der Waals surface area contributed by atoms with Crippen molar-refractivity contribution in [2.24, 2.45) is 10.8 Å². The van der Waals surface area contributed by atoms with Crippen LogP contribution >= 0.6 is 11.6 Å². The van der Waals surface area contributed by atoms with Gasteiger partial charge < -0.3 is 9.31 Å². The standard InChI is InChI=1S/C19H38BClO2/c1-16(2,3)19(8,13-11-15-21)12-9-10-14-20-22-17(4,5)18(6,7)23-20/h9-15H2,1-8H3. The van der Waals surface area contributed by atoms with Crippen molar-refractivity contribution in [3.8, 4) is 0 Å². The summed E-state index contributed by atoms with van der Waals surface area (Å²) in [5.74, 6) is 0.763. The second-order valence-corrected chi connectivity index (χ2v) is 9.91. The minimum atomic E-state index is -0.210. The summed E-state index contributed by atoms with van der Waals surface area (Å²) < 4.78 is 12.2. The van der Waals surface area contributed by atoms with Crippen LogP contribution < -0.4 is 0 Å². The maximum atomic E-state index is 6.09. The quantitative estimate of drug-likeness (QED) is 0.291. The topological polar surface area (TPSA) is 18.5 Å². The van der Waals surface area contributed by atoms with Gasteiger partial charge in [-0.1, -0.05) is 40.5 Å². The predicted molar refractivity (Wildman–Crippen MR) is 102 cm³/mol. The van der Waals surface area contributed by atoms with Crippen molar-refractivity contribution < 1.29 is 9.31 Å². The molecule has 0 amide bonds. The van der Waals surface area contributed by atoms with Gasteiger partial charge in [-0.25, -0.2) is 0 Å². The van der Waals surface area contributed by atoms with Gasteiger partial charge >= 0.3 is 7.12 Å². The van der Waals surface area contributed by atoms with Crippen molar-refractivity contribution in [2.45, 2.75) is 105 Å². The molecule has 23 heavy (non-hydrogen) atoms. The van der Waals surface area contributed by atoms with E-state index in [1.54, 1.807) is 0 Å². The lowest BCUT2D eigenvalue weighted by molar-refractivity contribution is 0.00578. The van der Waals surface area contributed by atoms with Crippen LogP contribution in [-0.4, -0.2) is 24.2 Å². The van der Waals surface area contributed by atoms with Crippen LogP contribution in [0.4, 0.5) is 0 Å². The molecule has 1 atom stereocenters. The molecule has 1 heterocycles. The van der Waals surface area contributed by atoms with E-state index in [9.17, 15) is 0 Å². The third kappa shape index (κ3) is 5.37. The Morgan fingerprint density at radius 2 is 1.30 bits per heavy atom. The highest BCUT2D eigenvalue weighted by Gasteiger charge is 2.50. The van der Waals surface area contributed by atoms with Crippen molar-refractivity contribution in [1.82, 2.24) is 0 Å². The Kier molecular flexibility index (Phi) is 7.10. The first-order valence-corrected chi connectivity index (χ1v) is 9.80. The average molecular weight is 345 g/mol. The lowest BCUT2D eigenvalue weighted by Gasteiger charge is -2.42. The second kappa shape index (κ2) is 7.66. The lowest BCUT2D eigenvalue weighted by atomic mass is 9.63. The van der Waals surface area contributed by atoms with Gasteiger partial charge in [-0.3, -0.25) is 0 Å². The minimum Gasteiger partial charge on any atom is -0.403 e. The largest absolute Gasteiger partial charge is 0.457 e. The Labute approximate surface area is 150 Å². The first-order valence-electron chi connectivity index (χ1n) is 9.26. The van der Waals surface area contributed by atoms with Crippen LogP contribution in [-0.2, 0) is 9.31 Å². The van der Waals surface area contributed by atoms with Crippen LogP contribution in [0.3, 0.4) is 0 Å². The number of unbranched alkanes of at least 4 members (excludes halogenated alkanes) is 1. The van der Waals surface area contributed by atoms with Gasteiger partial charge in [0.2, 0.25) is 0 Å². The smallest absolute Gasteiger partial charge is 0.403 e. The third-order valence-corrected chi connectivity index (χ3v) is 6.66. The molecule has 1 saturated heterocycles. The summed E-state index contributed by atoms with van der Waals surface area (Å²) in [5.41, 5.74) is 0.233. The van der Waals surface area contributed by atoms with E-state index >= 15 is 0 Å². The Balaban J connectivity index is 2.44. The van der Waals surface area contributed by atoms with Crippen molar-refractivity contribution in [2.75, 3.05) is 5.88 Å². The van der Waals surface area contributed by atoms with E-state index in [2.05, 4.69) is 55.4 Å². The Morgan fingerprint density at radius 3 is 1.74 bits per heavy atom. The minimum absolute atomic E-state index is 0.0521. The SMILES string of the molecule is CC(C)(C)C(C)(CCCCl)CCCCB1OC(C)(C)C(C)(C)O1. The highest BCUT2D eigenvalue weighted by atomic mass is 35.5. The van der Waals surface area contributed by atoms with Crippen LogP contribution in [0.25, 0.3) is 0 Å². The molecular weight excluding hydrogens is 306 g/mol. The molecule has 0 spiro atoms. The van der Waals surface area contributed by atoms with E-state index in [4.69, 9.17) is 20.9 Å². The Bertz CT molecular complexity index is 360. The van der Waals surface area contributed by atoms with Gasteiger partial charge in [0.1, 0.15) is 0 Å². The van der Waals surface area contributed by atoms with E-state index in [0.29, 0.717) is 10.8 Å². The number of hydrogen-bond donors (Lipinski definition) is 0. The third-order valence-electron chi connectivity index (χ3n) is 6.39. The molecule has 0 aromatic heterocycles. The van der Waals surface area contributed by atoms with Gasteiger partial charge in [0, 0.05) is 5.88 Å². The average Bonchev–Trinajstić information content (AvgIpc) is 2.59. The molecule has 1 unspecified atom stereocenters. The molecule has 0 N–H and O–H groups in total. The van der Waals surface area contributed by atoms with E-state index in [1.807, 2.05) is 0 Å². The molecule has 136 valence electrons. The predicted octanol–water partition coefficient (Wildman–Crippen LogP) is 6.32. The van der Waals surface area contributed by atoms with Crippen LogP contribution in [0.5, 0.6) is 0 Å². The molecule has 0 saturated carbocycles. The van der Waals surface area contributed by atoms with Gasteiger partial charge in [0.25, 0.3) is 0 Å². The molecule has 0 aromatic rings. The van der Waals surface area contributed by atoms with E-state index in [1.165, 1.54) is 19.3 Å². The molecule has 0 bridgehead atoms. The van der Waals surface area contributed by atoms with Crippen molar-refractivity contribution in [1.29, 1.82) is 0 Å². The molecule has 2 nitrogen and oxygen atoms in total. The fourth-order valence-corrected chi connectivity index (χ4v) is 3.37. The fraction of sp³-hybridized carbons (Fsp3) is 1.00. The molecule has 0 aromatic carbocycles. The number of alkyl halides is 1. The number of hydrogen-bond acceptors (Lipinski definition) is 2. The normalized spacial score (nSPS) is 23.1. The summed E-state index contributed by atoms with van der Waals surface area (Å²) in [6.45, 7) is 18.0. The molecule has 4 heteroatoms. The van der Waals surface area contributed by atoms with E-state index < -0.39 is 0 Å². The molecule has 0 aliphatic carbocycles. The van der Waals surface area contributed by atoms with Crippen molar-refractivity contribution in [3.63, 3.8) is 0 Å². The molecule has 1 aliphatic rings. The van der Waals surface area contributed by atoms with Crippen LogP contribution in [0, 0.1) is 10.8 Å². The van der Waals surface area contributed by atoms with Gasteiger partial charge in [-0.05, 0) is 64.1 Å². The summed E-state index contributed by atoms with van der Waals surface area (Å²) in [4.78, 5) is 0. The maximum Gasteiger partial charge on any atom is 0.457 e. The first-order chi connectivity index (χ1) is 10.3. The number of halogens is 1. The number of rotatable bonds is 8. The van der Waals surface area contributed by atoms with Crippen molar-refractivity contribution in [3.05, 3.63) is 0 Å². The first kappa shape index (κ1) is 21.3. The summed E-state index contributed by atoms with van der Waals surface area (Å²) in [5, 5.41) is 0. The zero-order valence-corrected chi connectivity index (χ0v) is 17.5. The molecule has 0 radical (unpaired) electrons. The Morgan fingerprint density at radius 1 is 0.826 bits per heavy atom. The van der Waals surface area contributed by atoms with E-state index in [-0.39, 0.29) is 18.3 Å². The monoisotopic (exact) mass is 344 g/mol. The maximum absolute atomic E-state index is 6.09. The molecule has 1 fully saturated rings. The van der Waals surface area contributed by atoms with Gasteiger partial charge in [-0.2, -0.15) is 0 Å². The van der Waals surface area contributed by atoms with Crippen LogP contribution in [0.2, 0.25) is 6.32 Å². The van der Waals surface area contributed by atoms with Crippen molar-refractivity contribution >= 4 is 18.7 Å². The molecule has 1 rings (SSSR count). The summed E-state index contributed by atoms with van der Waals surface area (Å²) in [6.07, 6.45) is 6.92. The summed E-state index contributed by atoms with van der Waals surface area (Å²) in [6, 6.07) is 0. The fourth-order valence-electron chi connectivity index (χ4n) is 3.24. The molecule has 1 aliphatic heterocycles. The van der Waals surface area contributed by atoms with Gasteiger partial charge in [0.05, 0.1) is 11.2 Å². The zero-order chi connectivity index (χ0) is 17.9. The van der Waals surface area contributed by atoms with Gasteiger partial charge in [-0.15, -0.1) is 11.6 Å². The van der Waals surface area contributed by atoms with E-state index in [0.717, 1.165) is 25.0 Å². The lowest BCUT2D eigenvalue weighted by Crippen LogP contribution is -2.41. The van der Waals surface area contributed by atoms with Crippen LogP contribution in [0.1, 0.15) is 87.5 Å². The zero-order valence-electron chi connectivity index (χ0n) is 16.7. The highest BCUT2D eigenvalue weighted by molar-refractivity contribution is 6.45. The van der Waals surface area contributed by atoms with Gasteiger partial charge in [0.15, 0.2) is 0 Å². The van der Waals surface area contributed by atoms with Crippen LogP contribution in [0.15, 0.2) is 0 Å². The summed E-state index contributed by atoms with van der Waals surface area (Å²) >= 11 is 5.93. The highest BCUT2D eigenvalue weighted by Crippen LogP contribution is 2.46. The second-order valence-electron chi connectivity index (χ2n) is 9.53. The summed E-state index contributed by atoms with van der Waals surface area (Å²) in [7, 11) is -0.0521.